The van der Waals surface area contributed by atoms with Gasteiger partial charge in [0.15, 0.2) is 0 Å². The normalized spacial score (nSPS) is 12.9. The maximum absolute atomic E-state index is 13.2. The topological polar surface area (TPSA) is 84.3 Å². The first kappa shape index (κ1) is 22.1. The van der Waals surface area contributed by atoms with E-state index in [0.29, 0.717) is 0 Å². The molecule has 0 radical (unpaired) electrons. The Balaban J connectivity index is 2.35. The van der Waals surface area contributed by atoms with E-state index in [1.807, 2.05) is 0 Å². The molecule has 0 fully saturated rings. The van der Waals surface area contributed by atoms with Crippen LogP contribution in [-0.4, -0.2) is 20.8 Å². The number of nitro benzene ring substituents is 1. The molecule has 0 aliphatic heterocycles. The fourth-order valence-corrected chi connectivity index (χ4v) is 2.57. The van der Waals surface area contributed by atoms with Gasteiger partial charge in [0.25, 0.3) is 11.6 Å². The van der Waals surface area contributed by atoms with Gasteiger partial charge in [-0.2, -0.15) is 13.2 Å². The van der Waals surface area contributed by atoms with Crippen LogP contribution in [0.5, 0.6) is 0 Å². The van der Waals surface area contributed by atoms with E-state index in [9.17, 15) is 28.1 Å². The molecule has 2 N–H and O–H groups in total. The van der Waals surface area contributed by atoms with Crippen molar-refractivity contribution in [1.82, 2.24) is 5.32 Å². The molecule has 6 nitrogen and oxygen atoms in total. The van der Waals surface area contributed by atoms with E-state index in [0.717, 1.165) is 24.3 Å². The van der Waals surface area contributed by atoms with Crippen LogP contribution in [0.2, 0.25) is 0 Å². The van der Waals surface area contributed by atoms with E-state index in [1.54, 1.807) is 0 Å². The fraction of sp³-hybridized carbons (Fsp3) is 0.188. The zero-order valence-electron chi connectivity index (χ0n) is 13.6. The summed E-state index contributed by atoms with van der Waals surface area (Å²) in [5.41, 5.74) is -2.36. The molecular formula is C16H11Cl3F3N3O3. The Labute approximate surface area is 171 Å². The summed E-state index contributed by atoms with van der Waals surface area (Å²) in [5.74, 6) is -1.01. The molecule has 2 aromatic rings. The monoisotopic (exact) mass is 455 g/mol. The lowest BCUT2D eigenvalue weighted by Crippen LogP contribution is -2.49. The summed E-state index contributed by atoms with van der Waals surface area (Å²) < 4.78 is 37.2. The molecule has 12 heteroatoms. The van der Waals surface area contributed by atoms with Gasteiger partial charge in [-0.15, -0.1) is 0 Å². The summed E-state index contributed by atoms with van der Waals surface area (Å²) >= 11 is 17.4. The highest BCUT2D eigenvalue weighted by Gasteiger charge is 2.38. The highest BCUT2D eigenvalue weighted by Crippen LogP contribution is 2.37. The van der Waals surface area contributed by atoms with Crippen LogP contribution in [0.3, 0.4) is 0 Å². The molecule has 28 heavy (non-hydrogen) atoms. The minimum atomic E-state index is -4.70. The molecular weight excluding hydrogens is 446 g/mol. The van der Waals surface area contributed by atoms with Crippen molar-refractivity contribution in [2.45, 2.75) is 16.1 Å². The highest BCUT2D eigenvalue weighted by molar-refractivity contribution is 6.68. The molecule has 150 valence electrons. The second kappa shape index (κ2) is 8.42. The summed E-state index contributed by atoms with van der Waals surface area (Å²) in [5, 5.41) is 15.6. The number of halogens is 6. The first-order chi connectivity index (χ1) is 12.9. The Morgan fingerprint density at radius 3 is 2.18 bits per heavy atom. The smallest absolute Gasteiger partial charge is 0.361 e. The van der Waals surface area contributed by atoms with Crippen LogP contribution in [0, 0.1) is 10.1 Å². The van der Waals surface area contributed by atoms with Crippen LogP contribution in [0.25, 0.3) is 0 Å². The van der Waals surface area contributed by atoms with Gasteiger partial charge in [0.05, 0.1) is 10.5 Å². The largest absolute Gasteiger partial charge is 0.418 e. The average molecular weight is 457 g/mol. The Bertz CT molecular complexity index is 888. The van der Waals surface area contributed by atoms with Gasteiger partial charge in [0.2, 0.25) is 3.79 Å². The van der Waals surface area contributed by atoms with E-state index in [4.69, 9.17) is 34.8 Å². The zero-order valence-corrected chi connectivity index (χ0v) is 15.9. The first-order valence-electron chi connectivity index (χ1n) is 7.45. The Morgan fingerprint density at radius 1 is 1.04 bits per heavy atom. The van der Waals surface area contributed by atoms with Gasteiger partial charge < -0.3 is 10.6 Å². The molecule has 0 heterocycles. The van der Waals surface area contributed by atoms with Gasteiger partial charge >= 0.3 is 6.18 Å². The number of hydrogen-bond donors (Lipinski definition) is 2. The predicted octanol–water partition coefficient (Wildman–Crippen LogP) is 5.15. The Morgan fingerprint density at radius 2 is 1.61 bits per heavy atom. The van der Waals surface area contributed by atoms with Gasteiger partial charge in [-0.05, 0) is 18.2 Å². The molecule has 0 unspecified atom stereocenters. The van der Waals surface area contributed by atoms with E-state index in [-0.39, 0.29) is 5.56 Å². The maximum Gasteiger partial charge on any atom is 0.418 e. The van der Waals surface area contributed by atoms with Crippen LogP contribution < -0.4 is 10.6 Å². The third-order valence-electron chi connectivity index (χ3n) is 3.48. The number of para-hydroxylation sites is 2. The number of carbonyl (C=O) groups excluding carboxylic acids is 1. The molecule has 2 aromatic carbocycles. The van der Waals surface area contributed by atoms with Crippen molar-refractivity contribution in [3.63, 3.8) is 0 Å². The summed E-state index contributed by atoms with van der Waals surface area (Å²) in [6.45, 7) is 0. The van der Waals surface area contributed by atoms with Crippen molar-refractivity contribution in [2.24, 2.45) is 0 Å². The fourth-order valence-electron chi connectivity index (χ4n) is 2.25. The van der Waals surface area contributed by atoms with Gasteiger partial charge in [-0.3, -0.25) is 14.9 Å². The van der Waals surface area contributed by atoms with Crippen LogP contribution in [0.1, 0.15) is 15.9 Å². The van der Waals surface area contributed by atoms with E-state index < -0.39 is 43.9 Å². The molecule has 1 amide bonds. The second-order valence-corrected chi connectivity index (χ2v) is 7.78. The lowest BCUT2D eigenvalue weighted by atomic mass is 10.1. The van der Waals surface area contributed by atoms with Crippen LogP contribution in [-0.2, 0) is 6.18 Å². The summed E-state index contributed by atoms with van der Waals surface area (Å²) in [6.07, 6.45) is -6.34. The summed E-state index contributed by atoms with van der Waals surface area (Å²) in [6, 6.07) is 9.35. The van der Waals surface area contributed by atoms with Crippen molar-refractivity contribution in [1.29, 1.82) is 0 Å². The number of benzene rings is 2. The van der Waals surface area contributed by atoms with Gasteiger partial charge in [0, 0.05) is 11.8 Å². The Kier molecular flexibility index (Phi) is 6.63. The molecule has 0 aliphatic carbocycles. The molecule has 1 atom stereocenters. The minimum absolute atomic E-state index is 0.349. The third kappa shape index (κ3) is 5.40. The maximum atomic E-state index is 13.2. The van der Waals surface area contributed by atoms with Crippen molar-refractivity contribution in [3.8, 4) is 0 Å². The molecule has 0 saturated carbocycles. The molecule has 0 bridgehead atoms. The van der Waals surface area contributed by atoms with Crippen LogP contribution in [0.4, 0.5) is 24.5 Å². The molecule has 0 aromatic heterocycles. The van der Waals surface area contributed by atoms with Gasteiger partial charge in [-0.25, -0.2) is 0 Å². The van der Waals surface area contributed by atoms with Gasteiger partial charge in [0.1, 0.15) is 11.7 Å². The summed E-state index contributed by atoms with van der Waals surface area (Å²) in [7, 11) is 0. The SMILES string of the molecule is O=C(N[C@H](Nc1ccccc1C(F)(F)F)C(Cl)(Cl)Cl)c1ccccc1[N+](=O)[O-]. The van der Waals surface area contributed by atoms with Crippen LogP contribution >= 0.6 is 34.8 Å². The van der Waals surface area contributed by atoms with E-state index in [1.165, 1.54) is 24.3 Å². The van der Waals surface area contributed by atoms with E-state index >= 15 is 0 Å². The number of anilines is 1. The lowest BCUT2D eigenvalue weighted by molar-refractivity contribution is -0.385. The standard InChI is InChI=1S/C16H11Cl3F3N3O3/c17-15(18,19)14(23-11-7-3-2-6-10(11)16(20,21)22)24-13(26)9-5-1-4-8-12(9)25(27)28/h1-8,14,23H,(H,24,26)/t14-/m0/s1. The molecule has 0 spiro atoms. The average Bonchev–Trinajstić information content (AvgIpc) is 2.59. The minimum Gasteiger partial charge on any atom is -0.361 e. The van der Waals surface area contributed by atoms with Gasteiger partial charge in [-0.1, -0.05) is 59.1 Å². The number of nitrogens with one attached hydrogen (secondary N) is 2. The second-order valence-electron chi connectivity index (χ2n) is 5.41. The number of nitro groups is 1. The molecule has 2 rings (SSSR count). The highest BCUT2D eigenvalue weighted by atomic mass is 35.6. The lowest BCUT2D eigenvalue weighted by Gasteiger charge is -2.28. The van der Waals surface area contributed by atoms with Crippen molar-refractivity contribution >= 4 is 52.1 Å². The number of nitrogens with zero attached hydrogens (tertiary/aromatic N) is 1. The number of rotatable bonds is 5. The summed E-state index contributed by atoms with van der Waals surface area (Å²) in [4.78, 5) is 22.7. The van der Waals surface area contributed by atoms with Crippen molar-refractivity contribution in [2.75, 3.05) is 5.32 Å². The molecule has 0 aliphatic rings. The number of hydrogen-bond acceptors (Lipinski definition) is 4. The number of amides is 1. The Hall–Kier alpha value is -2.23. The molecule has 0 saturated heterocycles. The predicted molar refractivity (Wildman–Crippen MR) is 99.7 cm³/mol. The number of carbonyl (C=O) groups is 1. The quantitative estimate of drug-likeness (QED) is 0.282. The first-order valence-corrected chi connectivity index (χ1v) is 8.58. The van der Waals surface area contributed by atoms with Crippen molar-refractivity contribution in [3.05, 3.63) is 69.8 Å². The zero-order chi connectivity index (χ0) is 21.1. The number of alkyl halides is 6. The van der Waals surface area contributed by atoms with Crippen molar-refractivity contribution < 1.29 is 22.9 Å². The van der Waals surface area contributed by atoms with Crippen LogP contribution in [0.15, 0.2) is 48.5 Å². The third-order valence-corrected chi connectivity index (χ3v) is 4.14. The van der Waals surface area contributed by atoms with E-state index in [2.05, 4.69) is 10.6 Å².